The van der Waals surface area contributed by atoms with Crippen molar-refractivity contribution in [1.82, 2.24) is 29.8 Å². The second-order valence-electron chi connectivity index (χ2n) is 32.7. The SMILES string of the molecule is CCC(=O)CCCC(C)(CC(C)(CC(C)(CC(C)(C)C(=O)OCCn1cc(C)nn1)C(=O)OCCN(C(C)C)C(C)C)C(=O)OCCSSC)C(=O)OCCOC.COCCOC(=O)C(C)(CCOC=O)CC(C)(CC(C)(CC(C)(C)C(=O)OCCN=[N+]=[N-])C(=O)OCCN(C(C)C)C(C)C)C(=O)OCCSSc1ccccn1. The number of azide groups is 1. The van der Waals surface area contributed by atoms with Gasteiger partial charge >= 0.3 is 47.8 Å². The molecule has 0 aliphatic heterocycles. The summed E-state index contributed by atoms with van der Waals surface area (Å²) in [5.41, 5.74) is -1.77. The Bertz CT molecular complexity index is 3300. The molecule has 34 heteroatoms. The van der Waals surface area contributed by atoms with Crippen molar-refractivity contribution in [3.8, 4) is 0 Å². The van der Waals surface area contributed by atoms with E-state index in [2.05, 4.69) is 62.8 Å². The average molecular weight is 1690 g/mol. The van der Waals surface area contributed by atoms with Crippen molar-refractivity contribution in [3.63, 3.8) is 0 Å². The predicted octanol–water partition coefficient (Wildman–Crippen LogP) is 13.7. The minimum Gasteiger partial charge on any atom is -0.468 e. The van der Waals surface area contributed by atoms with Gasteiger partial charge in [0.1, 0.15) is 57.1 Å². The third-order valence-corrected chi connectivity index (χ3v) is 23.5. The minimum absolute atomic E-state index is 0.00646. The van der Waals surface area contributed by atoms with Crippen LogP contribution < -0.4 is 0 Å². The van der Waals surface area contributed by atoms with Crippen LogP contribution in [0.2, 0.25) is 0 Å². The molecule has 114 heavy (non-hydrogen) atoms. The summed E-state index contributed by atoms with van der Waals surface area (Å²) < 4.78 is 62.9. The first-order valence-electron chi connectivity index (χ1n) is 39.1. The van der Waals surface area contributed by atoms with Crippen LogP contribution in [-0.2, 0) is 107 Å². The van der Waals surface area contributed by atoms with E-state index < -0.39 is 91.1 Å². The number of ether oxygens (including phenoxy) is 11. The van der Waals surface area contributed by atoms with Crippen LogP contribution in [0.25, 0.3) is 10.4 Å². The lowest BCUT2D eigenvalue weighted by atomic mass is 9.61. The number of carbonyl (C=O) groups is 10. The summed E-state index contributed by atoms with van der Waals surface area (Å²) in [5.74, 6) is -3.88. The number of hydrogen-bond acceptors (Lipinski definition) is 31. The molecule has 0 spiro atoms. The number of esters is 8. The van der Waals surface area contributed by atoms with Crippen molar-refractivity contribution in [3.05, 3.63) is 46.7 Å². The summed E-state index contributed by atoms with van der Waals surface area (Å²) in [7, 11) is 8.92. The molecule has 0 saturated heterocycles. The summed E-state index contributed by atoms with van der Waals surface area (Å²) >= 11 is 0. The Hall–Kier alpha value is -6.26. The molecule has 0 amide bonds. The van der Waals surface area contributed by atoms with Gasteiger partial charge < -0.3 is 52.1 Å². The molecular weight excluding hydrogens is 1550 g/mol. The van der Waals surface area contributed by atoms with Crippen LogP contribution in [0.3, 0.4) is 0 Å². The van der Waals surface area contributed by atoms with Crippen LogP contribution in [0, 0.1) is 50.2 Å². The molecule has 650 valence electrons. The first-order chi connectivity index (χ1) is 53.4. The number of methoxy groups -OCH3 is 2. The highest BCUT2D eigenvalue weighted by molar-refractivity contribution is 8.76. The maximum absolute atomic E-state index is 14.5. The number of aromatic nitrogens is 4. The van der Waals surface area contributed by atoms with Crippen LogP contribution in [0.1, 0.15) is 208 Å². The van der Waals surface area contributed by atoms with E-state index in [1.165, 1.54) is 46.6 Å². The Balaban J connectivity index is 0.00000114. The van der Waals surface area contributed by atoms with E-state index in [9.17, 15) is 47.9 Å². The van der Waals surface area contributed by atoms with E-state index in [1.807, 2.05) is 59.1 Å². The van der Waals surface area contributed by atoms with Gasteiger partial charge in [0, 0.05) is 93.1 Å². The van der Waals surface area contributed by atoms with Crippen LogP contribution in [0.15, 0.2) is 40.7 Å². The van der Waals surface area contributed by atoms with Gasteiger partial charge in [-0.2, -0.15) is 0 Å². The number of hydrogen-bond donors (Lipinski definition) is 0. The first kappa shape index (κ1) is 106. The Morgan fingerprint density at radius 2 is 0.947 bits per heavy atom. The summed E-state index contributed by atoms with van der Waals surface area (Å²) in [6, 6.07) is 6.32. The summed E-state index contributed by atoms with van der Waals surface area (Å²) in [6.07, 6.45) is 5.90. The van der Waals surface area contributed by atoms with E-state index in [0.29, 0.717) is 44.0 Å². The largest absolute Gasteiger partial charge is 0.468 e. The number of pyridine rings is 1. The molecule has 0 aromatic carbocycles. The summed E-state index contributed by atoms with van der Waals surface area (Å²) in [6.45, 7) is 38.4. The Labute approximate surface area is 693 Å². The zero-order valence-electron chi connectivity index (χ0n) is 72.3. The molecule has 6 atom stereocenters. The fraction of sp³-hybridized carbons (Fsp3) is 0.787. The van der Waals surface area contributed by atoms with E-state index in [1.54, 1.807) is 104 Å². The first-order valence-corrected chi connectivity index (χ1v) is 44.1. The fourth-order valence-corrected chi connectivity index (χ4v) is 17.3. The van der Waals surface area contributed by atoms with Gasteiger partial charge in [0.05, 0.1) is 88.5 Å². The molecule has 0 N–H and O–H groups in total. The van der Waals surface area contributed by atoms with Crippen LogP contribution in [0.5, 0.6) is 0 Å². The monoisotopic (exact) mass is 1690 g/mol. The third kappa shape index (κ3) is 38.4. The zero-order chi connectivity index (χ0) is 86.6. The van der Waals surface area contributed by atoms with Gasteiger partial charge in [0.15, 0.2) is 0 Å². The molecule has 0 aliphatic rings. The van der Waals surface area contributed by atoms with E-state index in [-0.39, 0.29) is 173 Å². The maximum atomic E-state index is 14.5. The predicted molar refractivity (Wildman–Crippen MR) is 442 cm³/mol. The summed E-state index contributed by atoms with van der Waals surface area (Å²) in [4.78, 5) is 148. The number of carbonyl (C=O) groups excluding carboxylic acids is 10. The quantitative estimate of drug-likeness (QED) is 0.00867. The molecular formula is C80H135N9O21S4. The Morgan fingerprint density at radius 3 is 1.35 bits per heavy atom. The number of ketones is 1. The normalized spacial score (nSPS) is 15.0. The Kier molecular flexibility index (Phi) is 49.4. The molecule has 0 bridgehead atoms. The number of nitrogens with zero attached hydrogens (tertiary/aromatic N) is 9. The maximum Gasteiger partial charge on any atom is 0.312 e. The van der Waals surface area contributed by atoms with Gasteiger partial charge in [0.25, 0.3) is 6.47 Å². The van der Waals surface area contributed by atoms with Crippen molar-refractivity contribution in [2.45, 2.75) is 245 Å². The van der Waals surface area contributed by atoms with E-state index in [4.69, 9.17) is 57.6 Å². The van der Waals surface area contributed by atoms with Gasteiger partial charge in [-0.05, 0) is 224 Å². The standard InChI is InChI=1S/C41H72N4O10S2.C39H63N5O11S2/c1-14-33(46)16-15-17-39(9,35(48)54-23-22-51-12)28-41(11,37(50)55-24-25-57-56-13)29-40(10,36(49)53-21-19-45(30(2)3)31(4)5)27-38(7,8)34(47)52-20-18-44-26-32(6)42-43-44;1-29(2)44(30(3)4)17-20-53-34(48)38(8,25-36(5,6)32(46)52-19-16-42-43-40)27-39(9,35(49)55-23-24-56-57-31-13-11-12-15-41-31)26-37(7,14-18-51-28-45)33(47)54-22-21-50-10/h26,30-31H,14-25,27-29H2,1-13H3;11-13,15,28-30H,14,16-27H2,1-10H3. The number of Topliss-reactive ketones (excluding diaryl/α,β-unsaturated/α-hetero) is 1. The van der Waals surface area contributed by atoms with Gasteiger partial charge in [0.2, 0.25) is 0 Å². The minimum atomic E-state index is -1.56. The highest BCUT2D eigenvalue weighted by Crippen LogP contribution is 2.52. The lowest BCUT2D eigenvalue weighted by Gasteiger charge is -2.43. The zero-order valence-corrected chi connectivity index (χ0v) is 75.6. The van der Waals surface area contributed by atoms with Crippen molar-refractivity contribution >= 4 is 103 Å². The highest BCUT2D eigenvalue weighted by atomic mass is 33.1. The van der Waals surface area contributed by atoms with E-state index >= 15 is 0 Å². The highest BCUT2D eigenvalue weighted by Gasteiger charge is 2.56. The molecule has 0 radical (unpaired) electrons. The van der Waals surface area contributed by atoms with Gasteiger partial charge in [-0.25, -0.2) is 9.67 Å². The molecule has 2 heterocycles. The Morgan fingerprint density at radius 1 is 0.535 bits per heavy atom. The van der Waals surface area contributed by atoms with Crippen LogP contribution >= 0.6 is 43.2 Å². The van der Waals surface area contributed by atoms with Crippen molar-refractivity contribution in [2.75, 3.05) is 124 Å². The van der Waals surface area contributed by atoms with Gasteiger partial charge in [-0.3, -0.25) is 57.7 Å². The van der Waals surface area contributed by atoms with Crippen molar-refractivity contribution in [1.29, 1.82) is 0 Å². The molecule has 0 aliphatic carbocycles. The second kappa shape index (κ2) is 53.2. The fourth-order valence-electron chi connectivity index (χ4n) is 14.5. The molecule has 2 aromatic heterocycles. The molecule has 6 unspecified atom stereocenters. The molecule has 30 nitrogen and oxygen atoms in total. The molecule has 0 fully saturated rings. The van der Waals surface area contributed by atoms with E-state index in [0.717, 1.165) is 10.7 Å². The van der Waals surface area contributed by atoms with Crippen molar-refractivity contribution < 1.29 is 100 Å². The topological polar surface area (TPSA) is 371 Å². The smallest absolute Gasteiger partial charge is 0.312 e. The molecule has 0 saturated carbocycles. The average Bonchev–Trinajstić information content (AvgIpc) is 0.817. The van der Waals surface area contributed by atoms with Crippen molar-refractivity contribution in [2.24, 2.45) is 48.4 Å². The lowest BCUT2D eigenvalue weighted by molar-refractivity contribution is -0.175. The summed E-state index contributed by atoms with van der Waals surface area (Å²) in [5, 5.41) is 12.2. The second-order valence-corrected chi connectivity index (χ2v) is 37.8. The van der Waals surface area contributed by atoms with Gasteiger partial charge in [-0.1, -0.05) is 55.7 Å². The number of aryl methyl sites for hydroxylation is 1. The van der Waals surface area contributed by atoms with Gasteiger partial charge in [-0.15, -0.1) is 5.10 Å². The van der Waals surface area contributed by atoms with Crippen LogP contribution in [-0.4, -0.2) is 238 Å². The number of rotatable bonds is 60. The molecule has 2 rings (SSSR count). The van der Waals surface area contributed by atoms with Crippen LogP contribution in [0.4, 0.5) is 0 Å². The lowest BCUT2D eigenvalue weighted by Crippen LogP contribution is -2.48. The molecule has 2 aromatic rings. The third-order valence-electron chi connectivity index (χ3n) is 19.5.